The van der Waals surface area contributed by atoms with E-state index in [2.05, 4.69) is 46.8 Å². The number of carbonyl (C=O) groups excluding carboxylic acids is 4. The number of aryl methyl sites for hydroxylation is 4. The molecule has 0 saturated carbocycles. The van der Waals surface area contributed by atoms with Gasteiger partial charge in [-0.05, 0) is 83.6 Å². The molecule has 0 aliphatic carbocycles. The number of fused-ring (bicyclic) bond motifs is 4. The Balaban J connectivity index is 0.000000119. The summed E-state index contributed by atoms with van der Waals surface area (Å²) in [4.78, 5) is 54.8. The minimum absolute atomic E-state index is 0.0262. The van der Waals surface area contributed by atoms with Crippen LogP contribution in [0.5, 0.6) is 0 Å². The highest BCUT2D eigenvalue weighted by Gasteiger charge is 2.40. The molecule has 4 aromatic carbocycles. The van der Waals surface area contributed by atoms with Crippen LogP contribution in [0.4, 0.5) is 76.8 Å². The molecule has 2 atom stereocenters. The second-order valence-corrected chi connectivity index (χ2v) is 32.6. The summed E-state index contributed by atoms with van der Waals surface area (Å²) in [5.41, 5.74) is 12.6. The molecule has 20 rings (SSSR count). The van der Waals surface area contributed by atoms with Gasteiger partial charge in [0, 0.05) is 213 Å². The fourth-order valence-electron chi connectivity index (χ4n) is 16.9. The van der Waals surface area contributed by atoms with E-state index < -0.39 is 17.7 Å². The second-order valence-electron chi connectivity index (χ2n) is 32.6. The Morgan fingerprint density at radius 2 is 0.651 bits per heavy atom. The Morgan fingerprint density at radius 1 is 0.365 bits per heavy atom. The van der Waals surface area contributed by atoms with Crippen LogP contribution < -0.4 is 21.3 Å². The summed E-state index contributed by atoms with van der Waals surface area (Å²) in [5, 5.41) is 47.4. The van der Waals surface area contributed by atoms with Crippen LogP contribution in [0.25, 0.3) is 44.5 Å². The summed E-state index contributed by atoms with van der Waals surface area (Å²) in [6.07, 6.45) is 11.8. The van der Waals surface area contributed by atoms with Crippen molar-refractivity contribution in [2.24, 2.45) is 28.2 Å². The first-order valence-electron chi connectivity index (χ1n) is 41.7. The zero-order valence-electron chi connectivity index (χ0n) is 70.7. The second kappa shape index (κ2) is 35.6. The van der Waals surface area contributed by atoms with E-state index in [1.165, 1.54) is 50.5 Å². The lowest BCUT2D eigenvalue weighted by Gasteiger charge is -2.31. The predicted octanol–water partition coefficient (Wildman–Crippen LogP) is 12.4. The number of amides is 4. The van der Waals surface area contributed by atoms with Crippen molar-refractivity contribution >= 4 is 69.6 Å². The van der Waals surface area contributed by atoms with Crippen molar-refractivity contribution in [1.82, 2.24) is 97.8 Å². The molecule has 8 aliphatic rings. The number of nitrogens with one attached hydrogen (secondary N) is 4. The zero-order valence-corrected chi connectivity index (χ0v) is 70.7. The molecule has 16 heterocycles. The van der Waals surface area contributed by atoms with E-state index in [0.29, 0.717) is 152 Å². The Kier molecular flexibility index (Phi) is 24.0. The van der Waals surface area contributed by atoms with Crippen molar-refractivity contribution in [3.63, 3.8) is 0 Å². The van der Waals surface area contributed by atoms with Crippen molar-refractivity contribution in [3.8, 4) is 44.5 Å². The molecule has 126 heavy (non-hydrogen) atoms. The number of benzene rings is 4. The number of alkyl halides is 3. The van der Waals surface area contributed by atoms with E-state index in [1.807, 2.05) is 76.7 Å². The standard InChI is InChI=1S/C22H22F4N6O2.2C22H25FN6O2.C21H23FN6O2/c1-12(33)31-6-5-19-16(9-31)21(29-32(19)14-10-34-11-14)27-18-4-3-13(7-17(18)23)15-8-30(2)28-20(15)22(24,25)26;2*1-14(30)28-7-5-21-18(12-28)22(26-29(21)17-6-8-31-13-17)25-20-4-3-15(9-19(20)23)16-10-24-27(2)11-16;1-13(29)27-6-5-20-17(10-27)21(25-28(20)16-11-30-12-16)24-19-4-3-14(7-18(19)22)15-8-23-26(2)9-15/h3-4,7-8,14H,5-6,9-11H2,1-2H3,(H,27,29);2*3-4,9-11,17H,5-8,12-13H2,1-2H3,(H,25,26);3-4,7-9,16H,5-6,10-12H2,1-2H3,(H,24,25)/t;2*17-;/m.10./s1. The normalized spacial score (nSPS) is 17.3. The van der Waals surface area contributed by atoms with E-state index in [1.54, 1.807) is 91.2 Å². The number of hydrogen-bond acceptors (Lipinski definition) is 20. The molecule has 39 heteroatoms. The zero-order chi connectivity index (χ0) is 88.1. The van der Waals surface area contributed by atoms with Crippen LogP contribution in [0.3, 0.4) is 0 Å². The van der Waals surface area contributed by atoms with E-state index in [4.69, 9.17) is 34.2 Å². The third-order valence-electron chi connectivity index (χ3n) is 24.0. The molecule has 0 bridgehead atoms. The van der Waals surface area contributed by atoms with E-state index in [0.717, 1.165) is 121 Å². The fourth-order valence-corrected chi connectivity index (χ4v) is 16.9. The van der Waals surface area contributed by atoms with E-state index in [9.17, 15) is 45.5 Å². The molecule has 4 N–H and O–H groups in total. The third kappa shape index (κ3) is 17.9. The third-order valence-corrected chi connectivity index (χ3v) is 24.0. The monoisotopic (exact) mass is 1740 g/mol. The van der Waals surface area contributed by atoms with Crippen molar-refractivity contribution < 1.29 is 68.9 Å². The van der Waals surface area contributed by atoms with Gasteiger partial charge in [-0.25, -0.2) is 17.6 Å². The quantitative estimate of drug-likeness (QED) is 0.0653. The first-order valence-corrected chi connectivity index (χ1v) is 41.7. The SMILES string of the molecule is CC(=O)N1CCc2c(c(Nc3ccc(-c4cn(C)nc4C(F)(F)F)cc3F)nn2C2COC2)C1.CC(=O)N1CCc2c(c(Nc3ccc(-c4cnn(C)c4)cc3F)nn2C2COC2)C1.CC(=O)N1CCc2c(c(Nc3ccc(-c4cnn(C)c4)cc3F)nn2[C@@H]2CCOC2)C1.CC(=O)N1CCc2c(c(Nc3ccc(-c4cnn(C)c4)cc3F)nn2[C@H]2CCOC2)C1. The molecular formula is C87H95F7N24O8. The maximum absolute atomic E-state index is 15.0. The lowest BCUT2D eigenvalue weighted by molar-refractivity contribution is -0.141. The summed E-state index contributed by atoms with van der Waals surface area (Å²) in [6, 6.07) is 19.6. The topological polar surface area (TPSA) is 309 Å². The van der Waals surface area contributed by atoms with Crippen LogP contribution in [0.1, 0.15) is 115 Å². The number of rotatable bonds is 16. The van der Waals surface area contributed by atoms with Crippen molar-refractivity contribution in [1.29, 1.82) is 0 Å². The first kappa shape index (κ1) is 85.2. The van der Waals surface area contributed by atoms with Gasteiger partial charge in [0.15, 0.2) is 29.0 Å². The molecule has 4 saturated heterocycles. The molecule has 660 valence electrons. The van der Waals surface area contributed by atoms with E-state index >= 15 is 4.39 Å². The Morgan fingerprint density at radius 3 is 0.897 bits per heavy atom. The van der Waals surface area contributed by atoms with Gasteiger partial charge in [0.25, 0.3) is 0 Å². The van der Waals surface area contributed by atoms with Gasteiger partial charge >= 0.3 is 6.18 Å². The smallest absolute Gasteiger partial charge is 0.379 e. The van der Waals surface area contributed by atoms with Gasteiger partial charge in [-0.1, -0.05) is 24.3 Å². The minimum Gasteiger partial charge on any atom is -0.379 e. The van der Waals surface area contributed by atoms with Crippen molar-refractivity contribution in [2.45, 2.75) is 123 Å². The first-order chi connectivity index (χ1) is 60.6. The van der Waals surface area contributed by atoms with Crippen LogP contribution in [0, 0.1) is 23.3 Å². The molecule has 4 fully saturated rings. The van der Waals surface area contributed by atoms with Crippen LogP contribution in [-0.4, -0.2) is 201 Å². The Bertz CT molecular complexity index is 5920. The molecule has 12 aromatic rings. The summed E-state index contributed by atoms with van der Waals surface area (Å²) in [7, 11) is 6.86. The van der Waals surface area contributed by atoms with Gasteiger partial charge in [-0.3, -0.25) is 56.6 Å². The number of ether oxygens (including phenoxy) is 4. The summed E-state index contributed by atoms with van der Waals surface area (Å²) in [6.45, 7) is 15.5. The average Bonchev–Trinajstić information content (AvgIpc) is 1.63. The maximum atomic E-state index is 15.0. The summed E-state index contributed by atoms with van der Waals surface area (Å²) in [5.74, 6) is 0.383. The summed E-state index contributed by atoms with van der Waals surface area (Å²) >= 11 is 0. The molecule has 8 aromatic heterocycles. The van der Waals surface area contributed by atoms with Crippen LogP contribution in [-0.2, 0) is 124 Å². The highest BCUT2D eigenvalue weighted by molar-refractivity contribution is 5.79. The molecule has 8 aliphatic heterocycles. The van der Waals surface area contributed by atoms with Gasteiger partial charge in [0.1, 0.15) is 23.3 Å². The Hall–Kier alpha value is -13.0. The van der Waals surface area contributed by atoms with Crippen LogP contribution in [0.2, 0.25) is 0 Å². The number of nitrogens with zero attached hydrogens (tertiary/aromatic N) is 20. The average molecular weight is 1740 g/mol. The highest BCUT2D eigenvalue weighted by Crippen LogP contribution is 2.42. The van der Waals surface area contributed by atoms with Gasteiger partial charge < -0.3 is 59.8 Å². The lowest BCUT2D eigenvalue weighted by atomic mass is 10.0. The maximum Gasteiger partial charge on any atom is 0.435 e. The number of hydrogen-bond donors (Lipinski definition) is 4. The molecule has 0 radical (unpaired) electrons. The molecule has 4 amide bonds. The molecule has 0 unspecified atom stereocenters. The number of halogens is 7. The molecular weight excluding hydrogens is 1640 g/mol. The number of anilines is 8. The highest BCUT2D eigenvalue weighted by atomic mass is 19.4. The molecule has 32 nitrogen and oxygen atoms in total. The predicted molar refractivity (Wildman–Crippen MR) is 449 cm³/mol. The number of aromatic nitrogens is 16. The van der Waals surface area contributed by atoms with Crippen LogP contribution in [0.15, 0.2) is 116 Å². The van der Waals surface area contributed by atoms with Crippen LogP contribution >= 0.6 is 0 Å². The fraction of sp³-hybridized carbons (Fsp3) is 0.402. The minimum atomic E-state index is -4.66. The van der Waals surface area contributed by atoms with Gasteiger partial charge in [-0.2, -0.15) is 54.0 Å². The van der Waals surface area contributed by atoms with Gasteiger partial charge in [0.2, 0.25) is 23.6 Å². The lowest BCUT2D eigenvalue weighted by Crippen LogP contribution is -2.37. The molecule has 0 spiro atoms. The van der Waals surface area contributed by atoms with Gasteiger partial charge in [-0.15, -0.1) is 0 Å². The van der Waals surface area contributed by atoms with Crippen molar-refractivity contribution in [2.75, 3.05) is 100 Å². The largest absolute Gasteiger partial charge is 0.435 e. The summed E-state index contributed by atoms with van der Waals surface area (Å²) < 4.78 is 136. The van der Waals surface area contributed by atoms with Gasteiger partial charge in [0.05, 0.1) is 131 Å². The van der Waals surface area contributed by atoms with E-state index in [-0.39, 0.29) is 82.1 Å². The Labute approximate surface area is 719 Å². The van der Waals surface area contributed by atoms with Crippen molar-refractivity contribution in [3.05, 3.63) is 190 Å². The number of carbonyl (C=O) groups is 4.